The number of phosphoric acid groups is 1. The van der Waals surface area contributed by atoms with Gasteiger partial charge in [0.2, 0.25) is 0 Å². The molecule has 6 N–H and O–H groups in total. The average Bonchev–Trinajstić information content (AvgIpc) is 3.18. The first-order valence-electron chi connectivity index (χ1n) is 21.7. The number of allylic oxidation sites excluding steroid dienone is 2. The van der Waals surface area contributed by atoms with E-state index in [0.717, 1.165) is 38.5 Å². The molecule has 334 valence electrons. The Morgan fingerprint density at radius 1 is 0.772 bits per heavy atom. The number of carbonyl (C=O) groups excluding carboxylic acids is 2. The van der Waals surface area contributed by atoms with Gasteiger partial charge in [-0.1, -0.05) is 134 Å². The third-order valence-corrected chi connectivity index (χ3v) is 10.9. The molecule has 1 heterocycles. The Morgan fingerprint density at radius 3 is 1.98 bits per heavy atom. The summed E-state index contributed by atoms with van der Waals surface area (Å²) in [5, 5.41) is 49.3. The SMILES string of the molecule is CCCCCCCCCCCCCCCC(=O)O[C@H](COC(=O)CCC/C=C\C[C@H]1[C@@H](O)CC(O)O[C@@H]1/C=C/[C@@H](O)CCCCC)COP(=O)(O)OC[C@@H](O)CO. The standard InChI is InChI=1S/C42H77O14P/c1-3-5-7-8-9-10-11-12-13-14-15-16-22-26-41(48)55-36(33-54-57(50,51)53-31-35(45)30-43)32-52-40(47)25-21-18-17-20-24-37-38(46)29-42(49)56-39(37)28-27-34(44)23-19-6-4-2/h17,20,27-28,34-39,42-46,49H,3-16,18-19,21-26,29-33H2,1-2H3,(H,50,51)/b20-17-,28-27+/t34-,35-,36+,37-,38-,39+,42?/m0/s1. The third kappa shape index (κ3) is 29.2. The predicted octanol–water partition coefficient (Wildman–Crippen LogP) is 7.11. The lowest BCUT2D eigenvalue weighted by atomic mass is 9.87. The molecule has 0 radical (unpaired) electrons. The van der Waals surface area contributed by atoms with Crippen LogP contribution in [0.4, 0.5) is 0 Å². The molecule has 1 aliphatic heterocycles. The number of aliphatic hydroxyl groups excluding tert-OH is 5. The van der Waals surface area contributed by atoms with Gasteiger partial charge in [0.25, 0.3) is 0 Å². The summed E-state index contributed by atoms with van der Waals surface area (Å²) >= 11 is 0. The van der Waals surface area contributed by atoms with Gasteiger partial charge in [-0.15, -0.1) is 0 Å². The van der Waals surface area contributed by atoms with E-state index >= 15 is 0 Å². The summed E-state index contributed by atoms with van der Waals surface area (Å²) in [6.07, 6.45) is 21.9. The highest BCUT2D eigenvalue weighted by Crippen LogP contribution is 2.43. The number of ether oxygens (including phenoxy) is 3. The van der Waals surface area contributed by atoms with E-state index in [1.54, 1.807) is 12.2 Å². The van der Waals surface area contributed by atoms with Crippen molar-refractivity contribution in [3.8, 4) is 0 Å². The Labute approximate surface area is 342 Å². The van der Waals surface area contributed by atoms with Crippen molar-refractivity contribution < 1.29 is 67.8 Å². The Hall–Kier alpha value is -1.71. The number of rotatable bonds is 36. The van der Waals surface area contributed by atoms with Crippen molar-refractivity contribution in [1.29, 1.82) is 0 Å². The molecule has 0 aromatic heterocycles. The third-order valence-electron chi connectivity index (χ3n) is 9.90. The zero-order valence-corrected chi connectivity index (χ0v) is 35.7. The molecule has 0 amide bonds. The van der Waals surface area contributed by atoms with Crippen molar-refractivity contribution in [2.24, 2.45) is 5.92 Å². The van der Waals surface area contributed by atoms with E-state index in [-0.39, 0.29) is 25.2 Å². The van der Waals surface area contributed by atoms with Gasteiger partial charge in [-0.05, 0) is 32.1 Å². The first kappa shape index (κ1) is 53.3. The van der Waals surface area contributed by atoms with E-state index in [1.165, 1.54) is 57.8 Å². The maximum atomic E-state index is 12.6. The molecule has 0 saturated carbocycles. The van der Waals surface area contributed by atoms with Gasteiger partial charge in [0.1, 0.15) is 12.7 Å². The topological polar surface area (TPSA) is 219 Å². The van der Waals surface area contributed by atoms with Crippen LogP contribution in [0.15, 0.2) is 24.3 Å². The smallest absolute Gasteiger partial charge is 0.462 e. The summed E-state index contributed by atoms with van der Waals surface area (Å²) < 4.78 is 38.3. The Kier molecular flexibility index (Phi) is 31.8. The largest absolute Gasteiger partial charge is 0.472 e. The van der Waals surface area contributed by atoms with Crippen LogP contribution in [-0.2, 0) is 37.4 Å². The summed E-state index contributed by atoms with van der Waals surface area (Å²) in [5.41, 5.74) is 0. The molecule has 1 aliphatic rings. The van der Waals surface area contributed by atoms with Crippen LogP contribution in [0.2, 0.25) is 0 Å². The fraction of sp³-hybridized carbons (Fsp3) is 0.857. The summed E-state index contributed by atoms with van der Waals surface area (Å²) in [6.45, 7) is 1.96. The van der Waals surface area contributed by atoms with E-state index in [0.29, 0.717) is 32.1 Å². The Bertz CT molecular complexity index is 1120. The van der Waals surface area contributed by atoms with E-state index in [4.69, 9.17) is 23.8 Å². The fourth-order valence-corrected chi connectivity index (χ4v) is 7.23. The summed E-state index contributed by atoms with van der Waals surface area (Å²) in [4.78, 5) is 35.2. The van der Waals surface area contributed by atoms with Crippen LogP contribution in [0, 0.1) is 5.92 Å². The average molecular weight is 837 g/mol. The molecule has 1 fully saturated rings. The molecule has 1 rings (SSSR count). The number of aliphatic hydroxyl groups is 5. The van der Waals surface area contributed by atoms with E-state index in [1.807, 2.05) is 12.2 Å². The fourth-order valence-electron chi connectivity index (χ4n) is 6.44. The van der Waals surface area contributed by atoms with Gasteiger partial charge in [-0.25, -0.2) is 4.57 Å². The minimum Gasteiger partial charge on any atom is -0.462 e. The molecule has 15 heteroatoms. The van der Waals surface area contributed by atoms with Crippen LogP contribution in [0.25, 0.3) is 0 Å². The molecule has 0 bridgehead atoms. The molecule has 57 heavy (non-hydrogen) atoms. The monoisotopic (exact) mass is 837 g/mol. The summed E-state index contributed by atoms with van der Waals surface area (Å²) in [6, 6.07) is 0. The summed E-state index contributed by atoms with van der Waals surface area (Å²) in [7, 11) is -4.68. The van der Waals surface area contributed by atoms with Crippen molar-refractivity contribution >= 4 is 19.8 Å². The van der Waals surface area contributed by atoms with Gasteiger partial charge < -0.3 is 44.6 Å². The van der Waals surface area contributed by atoms with Crippen LogP contribution in [0.1, 0.15) is 162 Å². The number of esters is 2. The first-order valence-corrected chi connectivity index (χ1v) is 23.2. The minimum atomic E-state index is -4.68. The van der Waals surface area contributed by atoms with Crippen LogP contribution < -0.4 is 0 Å². The van der Waals surface area contributed by atoms with Crippen LogP contribution in [0.5, 0.6) is 0 Å². The number of phosphoric ester groups is 1. The molecule has 0 spiro atoms. The molecule has 2 unspecified atom stereocenters. The molecule has 8 atom stereocenters. The molecule has 0 aromatic rings. The maximum absolute atomic E-state index is 12.6. The van der Waals surface area contributed by atoms with Gasteiger partial charge in [-0.3, -0.25) is 18.6 Å². The zero-order valence-electron chi connectivity index (χ0n) is 34.8. The highest BCUT2D eigenvalue weighted by molar-refractivity contribution is 7.47. The molecule has 14 nitrogen and oxygen atoms in total. The van der Waals surface area contributed by atoms with E-state index < -0.39 is 83.0 Å². The Balaban J connectivity index is 2.51. The maximum Gasteiger partial charge on any atom is 0.472 e. The van der Waals surface area contributed by atoms with Crippen molar-refractivity contribution in [3.05, 3.63) is 24.3 Å². The van der Waals surface area contributed by atoms with Gasteiger partial charge in [-0.2, -0.15) is 0 Å². The van der Waals surface area contributed by atoms with Crippen molar-refractivity contribution in [2.45, 2.75) is 198 Å². The zero-order chi connectivity index (χ0) is 42.2. The lowest BCUT2D eigenvalue weighted by molar-refractivity contribution is -0.199. The molecular formula is C42H77O14P. The first-order chi connectivity index (χ1) is 27.4. The number of carbonyl (C=O) groups is 2. The highest BCUT2D eigenvalue weighted by Gasteiger charge is 2.35. The molecular weight excluding hydrogens is 759 g/mol. The molecule has 1 saturated heterocycles. The highest BCUT2D eigenvalue weighted by atomic mass is 31.2. The predicted molar refractivity (Wildman–Crippen MR) is 218 cm³/mol. The van der Waals surface area contributed by atoms with Crippen molar-refractivity contribution in [1.82, 2.24) is 0 Å². The van der Waals surface area contributed by atoms with Crippen LogP contribution >= 0.6 is 7.82 Å². The summed E-state index contributed by atoms with van der Waals surface area (Å²) in [5.74, 6) is -1.44. The van der Waals surface area contributed by atoms with Crippen molar-refractivity contribution in [2.75, 3.05) is 26.4 Å². The number of unbranched alkanes of at least 4 members (excludes halogenated alkanes) is 15. The number of hydrogen-bond acceptors (Lipinski definition) is 13. The minimum absolute atomic E-state index is 0.0497. The normalized spacial score (nSPS) is 21.4. The second kappa shape index (κ2) is 34.0. The second-order valence-corrected chi connectivity index (χ2v) is 16.7. The van der Waals surface area contributed by atoms with E-state index in [2.05, 4.69) is 18.4 Å². The van der Waals surface area contributed by atoms with Crippen LogP contribution in [-0.4, -0.2) is 106 Å². The van der Waals surface area contributed by atoms with Gasteiger partial charge in [0.05, 0.1) is 38.1 Å². The van der Waals surface area contributed by atoms with Gasteiger partial charge in [0.15, 0.2) is 12.4 Å². The van der Waals surface area contributed by atoms with Crippen LogP contribution in [0.3, 0.4) is 0 Å². The van der Waals surface area contributed by atoms with Gasteiger partial charge >= 0.3 is 19.8 Å². The molecule has 0 aromatic carbocycles. The number of hydrogen-bond donors (Lipinski definition) is 6. The second-order valence-electron chi connectivity index (χ2n) is 15.3. The van der Waals surface area contributed by atoms with Crippen molar-refractivity contribution in [3.63, 3.8) is 0 Å². The van der Waals surface area contributed by atoms with E-state index in [9.17, 15) is 39.5 Å². The molecule has 0 aliphatic carbocycles. The Morgan fingerprint density at radius 2 is 1.35 bits per heavy atom. The lowest BCUT2D eigenvalue weighted by Gasteiger charge is -2.36. The van der Waals surface area contributed by atoms with Gasteiger partial charge in [0, 0.05) is 25.2 Å². The lowest BCUT2D eigenvalue weighted by Crippen LogP contribution is -2.43. The quantitative estimate of drug-likeness (QED) is 0.0160.